The Balaban J connectivity index is 1.46. The number of hydrogen-bond acceptors (Lipinski definition) is 4. The van der Waals surface area contributed by atoms with Crippen molar-refractivity contribution in [3.8, 4) is 5.75 Å². The summed E-state index contributed by atoms with van der Waals surface area (Å²) in [4.78, 5) is 23.7. The number of methoxy groups -OCH3 is 1. The lowest BCUT2D eigenvalue weighted by molar-refractivity contribution is 0.0601. The molecule has 1 atom stereocenters. The highest BCUT2D eigenvalue weighted by molar-refractivity contribution is 5.95. The molecular weight excluding hydrogens is 390 g/mol. The number of carbonyl (C=O) groups excluding carboxylic acids is 1. The first-order chi connectivity index (χ1) is 15.2. The van der Waals surface area contributed by atoms with Crippen LogP contribution >= 0.6 is 0 Å². The van der Waals surface area contributed by atoms with Gasteiger partial charge in [-0.3, -0.25) is 9.48 Å². The molecular formula is C24H25N5O2. The van der Waals surface area contributed by atoms with E-state index in [9.17, 15) is 4.79 Å². The summed E-state index contributed by atoms with van der Waals surface area (Å²) < 4.78 is 7.34. The summed E-state index contributed by atoms with van der Waals surface area (Å²) in [5.41, 5.74) is 3.52. The van der Waals surface area contributed by atoms with Crippen LogP contribution in [-0.4, -0.2) is 44.2 Å². The van der Waals surface area contributed by atoms with Crippen LogP contribution in [0.2, 0.25) is 0 Å². The Morgan fingerprint density at radius 3 is 2.90 bits per heavy atom. The van der Waals surface area contributed by atoms with E-state index in [2.05, 4.69) is 10.1 Å². The van der Waals surface area contributed by atoms with Gasteiger partial charge in [-0.15, -0.1) is 0 Å². The van der Waals surface area contributed by atoms with Gasteiger partial charge in [0.1, 0.15) is 11.6 Å². The second kappa shape index (κ2) is 8.26. The second-order valence-corrected chi connectivity index (χ2v) is 7.88. The van der Waals surface area contributed by atoms with E-state index in [4.69, 9.17) is 9.72 Å². The van der Waals surface area contributed by atoms with Crippen LogP contribution in [0.3, 0.4) is 0 Å². The quantitative estimate of drug-likeness (QED) is 0.530. The Labute approximate surface area is 180 Å². The lowest BCUT2D eigenvalue weighted by Crippen LogP contribution is -2.39. The van der Waals surface area contributed by atoms with Crippen LogP contribution in [0, 0.1) is 0 Å². The van der Waals surface area contributed by atoms with E-state index in [0.29, 0.717) is 12.1 Å². The first-order valence-electron chi connectivity index (χ1n) is 10.6. The summed E-state index contributed by atoms with van der Waals surface area (Å²) in [7, 11) is 1.64. The van der Waals surface area contributed by atoms with Crippen LogP contribution in [0.25, 0.3) is 11.0 Å². The molecule has 0 spiro atoms. The van der Waals surface area contributed by atoms with Gasteiger partial charge >= 0.3 is 0 Å². The van der Waals surface area contributed by atoms with Crippen LogP contribution in [0.4, 0.5) is 0 Å². The SMILES string of the molecule is COc1ccc(C(=O)N2CCCCC2c2nc3ccccc3[nH]2)cc1Cn1cccn1. The van der Waals surface area contributed by atoms with Gasteiger partial charge in [-0.2, -0.15) is 5.10 Å². The van der Waals surface area contributed by atoms with E-state index in [1.54, 1.807) is 13.3 Å². The van der Waals surface area contributed by atoms with Crippen molar-refractivity contribution in [2.45, 2.75) is 31.8 Å². The highest BCUT2D eigenvalue weighted by atomic mass is 16.5. The summed E-state index contributed by atoms with van der Waals surface area (Å²) >= 11 is 0. The van der Waals surface area contributed by atoms with E-state index < -0.39 is 0 Å². The minimum Gasteiger partial charge on any atom is -0.496 e. The number of aromatic amines is 1. The molecule has 0 saturated carbocycles. The Hall–Kier alpha value is -3.61. The summed E-state index contributed by atoms with van der Waals surface area (Å²) in [6.07, 6.45) is 6.63. The molecule has 1 saturated heterocycles. The Morgan fingerprint density at radius 2 is 2.10 bits per heavy atom. The van der Waals surface area contributed by atoms with Gasteiger partial charge in [-0.05, 0) is 55.7 Å². The molecule has 4 aromatic rings. The van der Waals surface area contributed by atoms with Crippen molar-refractivity contribution in [3.05, 3.63) is 77.9 Å². The number of piperidine rings is 1. The molecule has 1 fully saturated rings. The van der Waals surface area contributed by atoms with Gasteiger partial charge < -0.3 is 14.6 Å². The molecule has 1 aliphatic rings. The molecule has 2 aromatic carbocycles. The van der Waals surface area contributed by atoms with Crippen LogP contribution in [0.15, 0.2) is 60.9 Å². The zero-order valence-electron chi connectivity index (χ0n) is 17.5. The molecule has 1 amide bonds. The number of nitrogens with one attached hydrogen (secondary N) is 1. The molecule has 3 heterocycles. The Bertz CT molecular complexity index is 1160. The molecule has 0 radical (unpaired) electrons. The number of ether oxygens (including phenoxy) is 1. The lowest BCUT2D eigenvalue weighted by Gasteiger charge is -2.34. The minimum absolute atomic E-state index is 0.0227. The van der Waals surface area contributed by atoms with Crippen molar-refractivity contribution in [2.75, 3.05) is 13.7 Å². The average molecular weight is 415 g/mol. The summed E-state index contributed by atoms with van der Waals surface area (Å²) in [6.45, 7) is 1.27. The van der Waals surface area contributed by atoms with Crippen molar-refractivity contribution >= 4 is 16.9 Å². The van der Waals surface area contributed by atoms with Crippen molar-refractivity contribution in [1.29, 1.82) is 0 Å². The number of amides is 1. The molecule has 0 bridgehead atoms. The summed E-state index contributed by atoms with van der Waals surface area (Å²) in [6, 6.07) is 15.5. The van der Waals surface area contributed by atoms with Crippen molar-refractivity contribution in [3.63, 3.8) is 0 Å². The van der Waals surface area contributed by atoms with Crippen molar-refractivity contribution < 1.29 is 9.53 Å². The summed E-state index contributed by atoms with van der Waals surface area (Å²) in [5, 5.41) is 4.28. The third kappa shape index (κ3) is 3.79. The van der Waals surface area contributed by atoms with E-state index in [0.717, 1.165) is 54.0 Å². The van der Waals surface area contributed by atoms with Gasteiger partial charge in [0.25, 0.3) is 5.91 Å². The fourth-order valence-corrected chi connectivity index (χ4v) is 4.36. The maximum atomic E-state index is 13.6. The van der Waals surface area contributed by atoms with Crippen LogP contribution in [-0.2, 0) is 6.54 Å². The number of H-pyrrole nitrogens is 1. The van der Waals surface area contributed by atoms with E-state index in [1.807, 2.05) is 64.3 Å². The zero-order valence-corrected chi connectivity index (χ0v) is 17.5. The third-order valence-electron chi connectivity index (χ3n) is 5.91. The fraction of sp³-hybridized carbons (Fsp3) is 0.292. The van der Waals surface area contributed by atoms with E-state index in [-0.39, 0.29) is 11.9 Å². The Kier molecular flexibility index (Phi) is 5.16. The first kappa shape index (κ1) is 19.4. The molecule has 1 unspecified atom stereocenters. The molecule has 1 N–H and O–H groups in total. The monoisotopic (exact) mass is 415 g/mol. The maximum absolute atomic E-state index is 13.6. The van der Waals surface area contributed by atoms with E-state index >= 15 is 0 Å². The molecule has 1 aliphatic heterocycles. The van der Waals surface area contributed by atoms with Gasteiger partial charge in [0.05, 0.1) is 30.7 Å². The normalized spacial score (nSPS) is 16.5. The van der Waals surface area contributed by atoms with E-state index in [1.165, 1.54) is 0 Å². The number of imidazole rings is 1. The van der Waals surface area contributed by atoms with Crippen LogP contribution < -0.4 is 4.74 Å². The van der Waals surface area contributed by atoms with Crippen molar-refractivity contribution in [1.82, 2.24) is 24.6 Å². The van der Waals surface area contributed by atoms with Gasteiger partial charge in [0.2, 0.25) is 0 Å². The predicted octanol–water partition coefficient (Wildman–Crippen LogP) is 4.18. The minimum atomic E-state index is -0.0506. The molecule has 0 aliphatic carbocycles. The molecule has 5 rings (SSSR count). The van der Waals surface area contributed by atoms with Crippen molar-refractivity contribution in [2.24, 2.45) is 0 Å². The number of aromatic nitrogens is 4. The number of hydrogen-bond donors (Lipinski definition) is 1. The predicted molar refractivity (Wildman–Crippen MR) is 118 cm³/mol. The lowest BCUT2D eigenvalue weighted by atomic mass is 9.99. The number of likely N-dealkylation sites (tertiary alicyclic amines) is 1. The number of fused-ring (bicyclic) bond motifs is 1. The molecule has 31 heavy (non-hydrogen) atoms. The molecule has 7 heteroatoms. The smallest absolute Gasteiger partial charge is 0.254 e. The molecule has 7 nitrogen and oxygen atoms in total. The number of benzene rings is 2. The molecule has 2 aromatic heterocycles. The number of rotatable bonds is 5. The number of nitrogens with zero attached hydrogens (tertiary/aromatic N) is 4. The van der Waals surface area contributed by atoms with Gasteiger partial charge in [0, 0.05) is 30.1 Å². The fourth-order valence-electron chi connectivity index (χ4n) is 4.36. The zero-order chi connectivity index (χ0) is 21.2. The highest BCUT2D eigenvalue weighted by Crippen LogP contribution is 2.32. The third-order valence-corrected chi connectivity index (χ3v) is 5.91. The first-order valence-corrected chi connectivity index (χ1v) is 10.6. The number of para-hydroxylation sites is 2. The number of carbonyl (C=O) groups is 1. The summed E-state index contributed by atoms with van der Waals surface area (Å²) in [5.74, 6) is 1.63. The second-order valence-electron chi connectivity index (χ2n) is 7.88. The standard InChI is InChI=1S/C24H25N5O2/c1-31-22-11-10-17(15-18(22)16-28-13-6-12-25-28)24(30)29-14-5-4-9-21(29)23-26-19-7-2-3-8-20(19)27-23/h2-3,6-8,10-13,15,21H,4-5,9,14,16H2,1H3,(H,26,27). The van der Waals surface area contributed by atoms with Gasteiger partial charge in [-0.25, -0.2) is 4.98 Å². The largest absolute Gasteiger partial charge is 0.496 e. The van der Waals surface area contributed by atoms with Crippen LogP contribution in [0.1, 0.15) is 47.1 Å². The maximum Gasteiger partial charge on any atom is 0.254 e. The Morgan fingerprint density at radius 1 is 1.19 bits per heavy atom. The van der Waals surface area contributed by atoms with Gasteiger partial charge in [-0.1, -0.05) is 12.1 Å². The topological polar surface area (TPSA) is 76.0 Å². The van der Waals surface area contributed by atoms with Gasteiger partial charge in [0.15, 0.2) is 0 Å². The molecule has 158 valence electrons. The highest BCUT2D eigenvalue weighted by Gasteiger charge is 2.31. The van der Waals surface area contributed by atoms with Crippen LogP contribution in [0.5, 0.6) is 5.75 Å². The average Bonchev–Trinajstić information content (AvgIpc) is 3.48.